The molecule has 1 spiro atoms. The highest BCUT2D eigenvalue weighted by Crippen LogP contribution is 2.43. The van der Waals surface area contributed by atoms with Crippen molar-refractivity contribution in [3.05, 3.63) is 53.3 Å². The first kappa shape index (κ1) is 21.3. The number of pyridine rings is 1. The summed E-state index contributed by atoms with van der Waals surface area (Å²) in [4.78, 5) is 21.3. The van der Waals surface area contributed by atoms with E-state index >= 15 is 0 Å². The fourth-order valence-corrected chi connectivity index (χ4v) is 5.63. The van der Waals surface area contributed by atoms with Crippen LogP contribution in [0.1, 0.15) is 61.1 Å². The van der Waals surface area contributed by atoms with Gasteiger partial charge in [0, 0.05) is 37.8 Å². The van der Waals surface area contributed by atoms with Gasteiger partial charge in [0.1, 0.15) is 17.1 Å². The lowest BCUT2D eigenvalue weighted by Crippen LogP contribution is -2.48. The third-order valence-corrected chi connectivity index (χ3v) is 7.58. The molecule has 0 saturated carbocycles. The number of rotatable bonds is 3. The molecular weight excluding hydrogens is 402 g/mol. The van der Waals surface area contributed by atoms with Gasteiger partial charge in [-0.25, -0.2) is 4.98 Å². The lowest BCUT2D eigenvalue weighted by Gasteiger charge is -2.47. The molecule has 4 heterocycles. The highest BCUT2D eigenvalue weighted by Gasteiger charge is 2.39. The maximum atomic E-state index is 12.8. The lowest BCUT2D eigenvalue weighted by atomic mass is 9.71. The number of benzene rings is 1. The number of para-hydroxylation sites is 1. The van der Waals surface area contributed by atoms with E-state index in [4.69, 9.17) is 4.74 Å². The van der Waals surface area contributed by atoms with E-state index in [2.05, 4.69) is 41.9 Å². The van der Waals surface area contributed by atoms with Gasteiger partial charge in [0.25, 0.3) is 5.91 Å². The van der Waals surface area contributed by atoms with Crippen molar-refractivity contribution < 1.29 is 14.6 Å². The maximum absolute atomic E-state index is 12.8. The second-order valence-corrected chi connectivity index (χ2v) is 10.4. The average molecular weight is 436 g/mol. The molecule has 2 saturated heterocycles. The number of ether oxygens (including phenoxy) is 1. The molecule has 2 aromatic rings. The highest BCUT2D eigenvalue weighted by atomic mass is 16.5. The van der Waals surface area contributed by atoms with Crippen LogP contribution >= 0.6 is 0 Å². The second kappa shape index (κ2) is 8.07. The molecule has 2 fully saturated rings. The van der Waals surface area contributed by atoms with Gasteiger partial charge < -0.3 is 14.7 Å². The summed E-state index contributed by atoms with van der Waals surface area (Å²) >= 11 is 0. The number of carbonyl (C=O) groups excluding carboxylic acids is 1. The molecule has 1 N–H and O–H groups in total. The fourth-order valence-electron chi connectivity index (χ4n) is 5.63. The molecule has 0 bridgehead atoms. The number of likely N-dealkylation sites (tertiary alicyclic amines) is 2. The monoisotopic (exact) mass is 435 g/mol. The van der Waals surface area contributed by atoms with Crippen LogP contribution in [0.4, 0.5) is 0 Å². The minimum Gasteiger partial charge on any atom is -0.505 e. The van der Waals surface area contributed by atoms with Crippen molar-refractivity contribution >= 4 is 5.91 Å². The standard InChI is InChI=1S/C26H33N3O3/c1-25(2)17-19-5-3-6-20(23(19)32-25)18-28-13-8-26(9-14-28)10-15-29(16-11-26)24(31)22-21(30)7-4-12-27-22/h3-7,12,30H,8-11,13-18H2,1-2H3. The molecule has 5 rings (SSSR count). The van der Waals surface area contributed by atoms with Crippen molar-refractivity contribution in [1.82, 2.24) is 14.8 Å². The fraction of sp³-hybridized carbons (Fsp3) is 0.538. The van der Waals surface area contributed by atoms with Crippen LogP contribution in [-0.4, -0.2) is 57.6 Å². The van der Waals surface area contributed by atoms with Crippen molar-refractivity contribution in [2.24, 2.45) is 5.41 Å². The number of aromatic nitrogens is 1. The topological polar surface area (TPSA) is 65.9 Å². The van der Waals surface area contributed by atoms with Gasteiger partial charge in [-0.15, -0.1) is 0 Å². The Morgan fingerprint density at radius 3 is 2.50 bits per heavy atom. The molecule has 1 amide bonds. The van der Waals surface area contributed by atoms with E-state index in [-0.39, 0.29) is 23.0 Å². The van der Waals surface area contributed by atoms with Gasteiger partial charge >= 0.3 is 0 Å². The first-order valence-electron chi connectivity index (χ1n) is 11.8. The zero-order valence-electron chi connectivity index (χ0n) is 19.1. The summed E-state index contributed by atoms with van der Waals surface area (Å²) in [6.45, 7) is 8.92. The van der Waals surface area contributed by atoms with Crippen LogP contribution in [0.5, 0.6) is 11.5 Å². The van der Waals surface area contributed by atoms with Crippen molar-refractivity contribution in [2.75, 3.05) is 26.2 Å². The van der Waals surface area contributed by atoms with Gasteiger partial charge in [-0.3, -0.25) is 9.69 Å². The molecule has 3 aliphatic rings. The maximum Gasteiger partial charge on any atom is 0.276 e. The number of fused-ring (bicyclic) bond motifs is 1. The third kappa shape index (κ3) is 4.08. The Morgan fingerprint density at radius 2 is 1.78 bits per heavy atom. The summed E-state index contributed by atoms with van der Waals surface area (Å²) in [5, 5.41) is 9.97. The molecule has 32 heavy (non-hydrogen) atoms. The summed E-state index contributed by atoms with van der Waals surface area (Å²) < 4.78 is 6.27. The van der Waals surface area contributed by atoms with Crippen LogP contribution in [0.2, 0.25) is 0 Å². The van der Waals surface area contributed by atoms with E-state index in [1.54, 1.807) is 12.3 Å². The molecule has 1 aromatic heterocycles. The predicted molar refractivity (Wildman–Crippen MR) is 123 cm³/mol. The first-order chi connectivity index (χ1) is 15.3. The van der Waals surface area contributed by atoms with Crippen LogP contribution in [-0.2, 0) is 13.0 Å². The van der Waals surface area contributed by atoms with E-state index in [1.165, 1.54) is 30.0 Å². The Morgan fingerprint density at radius 1 is 1.06 bits per heavy atom. The zero-order chi connectivity index (χ0) is 22.3. The second-order valence-electron chi connectivity index (χ2n) is 10.4. The molecule has 6 heteroatoms. The van der Waals surface area contributed by atoms with Crippen molar-refractivity contribution in [3.63, 3.8) is 0 Å². The number of piperidine rings is 2. The van der Waals surface area contributed by atoms with Gasteiger partial charge in [-0.05, 0) is 75.7 Å². The molecule has 170 valence electrons. The number of hydrogen-bond donors (Lipinski definition) is 1. The van der Waals surface area contributed by atoms with Crippen LogP contribution in [0.25, 0.3) is 0 Å². The zero-order valence-corrected chi connectivity index (χ0v) is 19.1. The normalized spacial score (nSPS) is 21.9. The van der Waals surface area contributed by atoms with Crippen molar-refractivity contribution in [3.8, 4) is 11.5 Å². The molecule has 1 aromatic carbocycles. The van der Waals surface area contributed by atoms with Gasteiger partial charge in [-0.2, -0.15) is 0 Å². The molecular formula is C26H33N3O3. The SMILES string of the molecule is CC1(C)Cc2cccc(CN3CCC4(CC3)CCN(C(=O)c3ncccc3O)CC4)c2O1. The number of aromatic hydroxyl groups is 1. The Kier molecular flexibility index (Phi) is 5.36. The summed E-state index contributed by atoms with van der Waals surface area (Å²) in [6, 6.07) is 9.73. The molecule has 0 aliphatic carbocycles. The Balaban J connectivity index is 1.17. The average Bonchev–Trinajstić information content (AvgIpc) is 3.11. The van der Waals surface area contributed by atoms with Crippen LogP contribution in [0.3, 0.4) is 0 Å². The van der Waals surface area contributed by atoms with E-state index in [0.29, 0.717) is 5.41 Å². The molecule has 0 radical (unpaired) electrons. The van der Waals surface area contributed by atoms with E-state index in [0.717, 1.165) is 57.7 Å². The lowest BCUT2D eigenvalue weighted by molar-refractivity contribution is 0.0278. The van der Waals surface area contributed by atoms with E-state index < -0.39 is 0 Å². The first-order valence-corrected chi connectivity index (χ1v) is 11.8. The minimum absolute atomic E-state index is 0.0362. The van der Waals surface area contributed by atoms with E-state index in [1.807, 2.05) is 4.90 Å². The summed E-state index contributed by atoms with van der Waals surface area (Å²) in [6.07, 6.45) is 6.93. The smallest absolute Gasteiger partial charge is 0.276 e. The Hall–Kier alpha value is -2.60. The van der Waals surface area contributed by atoms with E-state index in [9.17, 15) is 9.90 Å². The number of hydrogen-bond acceptors (Lipinski definition) is 5. The highest BCUT2D eigenvalue weighted by molar-refractivity contribution is 5.94. The number of carbonyl (C=O) groups is 1. The summed E-state index contributed by atoms with van der Waals surface area (Å²) in [5.74, 6) is 0.907. The predicted octanol–water partition coefficient (Wildman–Crippen LogP) is 4.02. The third-order valence-electron chi connectivity index (χ3n) is 7.58. The summed E-state index contributed by atoms with van der Waals surface area (Å²) in [5.41, 5.74) is 3.02. The molecule has 0 unspecified atom stereocenters. The Labute approximate surface area is 190 Å². The number of nitrogens with zero attached hydrogens (tertiary/aromatic N) is 3. The van der Waals surface area contributed by atoms with Crippen molar-refractivity contribution in [1.29, 1.82) is 0 Å². The quantitative estimate of drug-likeness (QED) is 0.789. The van der Waals surface area contributed by atoms with Gasteiger partial charge in [-0.1, -0.05) is 18.2 Å². The molecule has 3 aliphatic heterocycles. The van der Waals surface area contributed by atoms with Crippen molar-refractivity contribution in [2.45, 2.75) is 58.1 Å². The largest absolute Gasteiger partial charge is 0.505 e. The number of amides is 1. The van der Waals surface area contributed by atoms with Gasteiger partial charge in [0.2, 0.25) is 0 Å². The van der Waals surface area contributed by atoms with Gasteiger partial charge in [0.15, 0.2) is 5.69 Å². The van der Waals surface area contributed by atoms with Crippen LogP contribution in [0.15, 0.2) is 36.5 Å². The minimum atomic E-state index is -0.156. The molecule has 6 nitrogen and oxygen atoms in total. The summed E-state index contributed by atoms with van der Waals surface area (Å²) in [7, 11) is 0. The van der Waals surface area contributed by atoms with Crippen LogP contribution < -0.4 is 4.74 Å². The van der Waals surface area contributed by atoms with Gasteiger partial charge in [0.05, 0.1) is 0 Å². The molecule has 0 atom stereocenters. The Bertz CT molecular complexity index is 1000. The van der Waals surface area contributed by atoms with Crippen LogP contribution in [0, 0.1) is 5.41 Å².